The zero-order valence-corrected chi connectivity index (χ0v) is 10.1. The van der Waals surface area contributed by atoms with Gasteiger partial charge in [-0.2, -0.15) is 0 Å². The van der Waals surface area contributed by atoms with Gasteiger partial charge in [-0.1, -0.05) is 26.0 Å². The molecule has 0 unspecified atom stereocenters. The summed E-state index contributed by atoms with van der Waals surface area (Å²) in [5.74, 6) is -1.08. The quantitative estimate of drug-likeness (QED) is 0.791. The highest BCUT2D eigenvalue weighted by Gasteiger charge is 2.14. The molecule has 1 aromatic rings. The molecule has 2 nitrogen and oxygen atoms in total. The average Bonchev–Trinajstić information content (AvgIpc) is 2.30. The Bertz CT molecular complexity index is 403. The minimum Gasteiger partial charge on any atom is -0.478 e. The highest BCUT2D eigenvalue weighted by Crippen LogP contribution is 2.28. The molecular formula is C14H17FO2. The summed E-state index contributed by atoms with van der Waals surface area (Å²) < 4.78 is 12.8. The Morgan fingerprint density at radius 1 is 1.29 bits per heavy atom. The van der Waals surface area contributed by atoms with Crippen molar-refractivity contribution in [3.05, 3.63) is 41.7 Å². The van der Waals surface area contributed by atoms with E-state index in [2.05, 4.69) is 0 Å². The molecule has 17 heavy (non-hydrogen) atoms. The highest BCUT2D eigenvalue weighted by atomic mass is 19.1. The van der Waals surface area contributed by atoms with Crippen LogP contribution in [0.5, 0.6) is 0 Å². The second kappa shape index (κ2) is 6.18. The van der Waals surface area contributed by atoms with Crippen molar-refractivity contribution in [2.24, 2.45) is 5.92 Å². The predicted octanol–water partition coefficient (Wildman–Crippen LogP) is 3.73. The largest absolute Gasteiger partial charge is 0.478 e. The van der Waals surface area contributed by atoms with Crippen molar-refractivity contribution in [3.63, 3.8) is 0 Å². The van der Waals surface area contributed by atoms with E-state index in [-0.39, 0.29) is 11.7 Å². The molecule has 0 spiro atoms. The number of hydrogen-bond acceptors (Lipinski definition) is 1. The SMILES string of the molecule is CCC(CC)C(=CC(=O)O)c1ccc(F)cc1. The van der Waals surface area contributed by atoms with Gasteiger partial charge < -0.3 is 5.11 Å². The number of hydrogen-bond donors (Lipinski definition) is 1. The van der Waals surface area contributed by atoms with Gasteiger partial charge in [0.2, 0.25) is 0 Å². The molecule has 0 heterocycles. The Labute approximate surface area is 101 Å². The van der Waals surface area contributed by atoms with Crippen LogP contribution in [0, 0.1) is 11.7 Å². The van der Waals surface area contributed by atoms with Crippen molar-refractivity contribution < 1.29 is 14.3 Å². The minimum absolute atomic E-state index is 0.191. The van der Waals surface area contributed by atoms with Crippen LogP contribution in [0.25, 0.3) is 5.57 Å². The Kier molecular flexibility index (Phi) is 4.88. The molecule has 3 heteroatoms. The van der Waals surface area contributed by atoms with Gasteiger partial charge in [-0.3, -0.25) is 0 Å². The molecular weight excluding hydrogens is 219 g/mol. The lowest BCUT2D eigenvalue weighted by molar-refractivity contribution is -0.131. The zero-order chi connectivity index (χ0) is 12.8. The van der Waals surface area contributed by atoms with Crippen LogP contribution >= 0.6 is 0 Å². The Morgan fingerprint density at radius 2 is 1.82 bits per heavy atom. The van der Waals surface area contributed by atoms with Gasteiger partial charge in [0.1, 0.15) is 5.82 Å². The smallest absolute Gasteiger partial charge is 0.328 e. The van der Waals surface area contributed by atoms with Crippen LogP contribution in [-0.4, -0.2) is 11.1 Å². The Hall–Kier alpha value is -1.64. The van der Waals surface area contributed by atoms with Gasteiger partial charge >= 0.3 is 5.97 Å². The van der Waals surface area contributed by atoms with Crippen LogP contribution in [-0.2, 0) is 4.79 Å². The third-order valence-corrected chi connectivity index (χ3v) is 2.88. The van der Waals surface area contributed by atoms with Gasteiger partial charge in [0.05, 0.1) is 0 Å². The first-order valence-corrected chi connectivity index (χ1v) is 5.78. The van der Waals surface area contributed by atoms with Crippen molar-refractivity contribution >= 4 is 11.5 Å². The van der Waals surface area contributed by atoms with E-state index in [0.717, 1.165) is 24.0 Å². The summed E-state index contributed by atoms with van der Waals surface area (Å²) >= 11 is 0. The topological polar surface area (TPSA) is 37.3 Å². The number of halogens is 1. The fourth-order valence-electron chi connectivity index (χ4n) is 1.94. The predicted molar refractivity (Wildman–Crippen MR) is 66.1 cm³/mol. The van der Waals surface area contributed by atoms with Gasteiger partial charge in [0.25, 0.3) is 0 Å². The van der Waals surface area contributed by atoms with E-state index < -0.39 is 5.97 Å². The van der Waals surface area contributed by atoms with Gasteiger partial charge in [-0.15, -0.1) is 0 Å². The summed E-state index contributed by atoms with van der Waals surface area (Å²) in [5.41, 5.74) is 1.55. The van der Waals surface area contributed by atoms with Crippen LogP contribution in [0.3, 0.4) is 0 Å². The number of rotatable bonds is 5. The maximum atomic E-state index is 12.8. The molecule has 0 saturated carbocycles. The van der Waals surface area contributed by atoms with Gasteiger partial charge in [0, 0.05) is 6.08 Å². The van der Waals surface area contributed by atoms with E-state index in [0.29, 0.717) is 0 Å². The van der Waals surface area contributed by atoms with Crippen LogP contribution < -0.4 is 0 Å². The van der Waals surface area contributed by atoms with Gasteiger partial charge in [-0.05, 0) is 42.0 Å². The first kappa shape index (κ1) is 13.4. The number of carboxylic acid groups (broad SMARTS) is 1. The molecule has 1 N–H and O–H groups in total. The van der Waals surface area contributed by atoms with Crippen LogP contribution in [0.2, 0.25) is 0 Å². The van der Waals surface area contributed by atoms with E-state index >= 15 is 0 Å². The second-order valence-electron chi connectivity index (χ2n) is 3.96. The summed E-state index contributed by atoms with van der Waals surface area (Å²) in [7, 11) is 0. The average molecular weight is 236 g/mol. The number of carbonyl (C=O) groups is 1. The molecule has 0 aliphatic carbocycles. The van der Waals surface area contributed by atoms with E-state index in [9.17, 15) is 9.18 Å². The van der Waals surface area contributed by atoms with Crippen LogP contribution in [0.4, 0.5) is 4.39 Å². The first-order valence-electron chi connectivity index (χ1n) is 5.78. The molecule has 92 valence electrons. The second-order valence-corrected chi connectivity index (χ2v) is 3.96. The lowest BCUT2D eigenvalue weighted by Gasteiger charge is -2.17. The molecule has 0 aliphatic rings. The van der Waals surface area contributed by atoms with E-state index in [1.54, 1.807) is 12.1 Å². The molecule has 0 fully saturated rings. The van der Waals surface area contributed by atoms with E-state index in [1.807, 2.05) is 13.8 Å². The highest BCUT2D eigenvalue weighted by molar-refractivity contribution is 5.90. The third-order valence-electron chi connectivity index (χ3n) is 2.88. The zero-order valence-electron chi connectivity index (χ0n) is 10.1. The normalized spacial score (nSPS) is 11.9. The molecule has 0 aliphatic heterocycles. The maximum absolute atomic E-state index is 12.8. The van der Waals surface area contributed by atoms with Crippen molar-refractivity contribution in [1.82, 2.24) is 0 Å². The number of carboxylic acids is 1. The molecule has 0 radical (unpaired) electrons. The van der Waals surface area contributed by atoms with Crippen molar-refractivity contribution in [1.29, 1.82) is 0 Å². The third kappa shape index (κ3) is 3.70. The lowest BCUT2D eigenvalue weighted by atomic mass is 9.88. The summed E-state index contributed by atoms with van der Waals surface area (Å²) in [6.45, 7) is 4.04. The molecule has 1 aromatic carbocycles. The fraction of sp³-hybridized carbons (Fsp3) is 0.357. The molecule has 0 bridgehead atoms. The Balaban J connectivity index is 3.14. The lowest BCUT2D eigenvalue weighted by Crippen LogP contribution is -2.04. The fourth-order valence-corrected chi connectivity index (χ4v) is 1.94. The molecule has 0 saturated heterocycles. The molecule has 0 amide bonds. The van der Waals surface area contributed by atoms with Crippen molar-refractivity contribution in [2.45, 2.75) is 26.7 Å². The Morgan fingerprint density at radius 3 is 2.24 bits per heavy atom. The van der Waals surface area contributed by atoms with Gasteiger partial charge in [0.15, 0.2) is 0 Å². The number of benzene rings is 1. The molecule has 0 aromatic heterocycles. The standard InChI is InChI=1S/C14H17FO2/c1-3-10(4-2)13(9-14(16)17)11-5-7-12(15)8-6-11/h5-10H,3-4H2,1-2H3,(H,16,17). The van der Waals surface area contributed by atoms with Crippen molar-refractivity contribution in [3.8, 4) is 0 Å². The van der Waals surface area contributed by atoms with Crippen molar-refractivity contribution in [2.75, 3.05) is 0 Å². The van der Waals surface area contributed by atoms with E-state index in [1.165, 1.54) is 18.2 Å². The molecule has 1 rings (SSSR count). The summed E-state index contributed by atoms with van der Waals surface area (Å²) in [5, 5.41) is 8.89. The minimum atomic E-state index is -0.962. The molecule has 0 atom stereocenters. The van der Waals surface area contributed by atoms with Crippen LogP contribution in [0.15, 0.2) is 30.3 Å². The summed E-state index contributed by atoms with van der Waals surface area (Å²) in [6, 6.07) is 5.96. The van der Waals surface area contributed by atoms with Crippen LogP contribution in [0.1, 0.15) is 32.3 Å². The summed E-state index contributed by atoms with van der Waals surface area (Å²) in [6.07, 6.45) is 2.96. The monoisotopic (exact) mass is 236 g/mol. The first-order chi connectivity index (χ1) is 8.08. The number of allylic oxidation sites excluding steroid dienone is 1. The van der Waals surface area contributed by atoms with E-state index in [4.69, 9.17) is 5.11 Å². The summed E-state index contributed by atoms with van der Waals surface area (Å²) in [4.78, 5) is 10.8. The maximum Gasteiger partial charge on any atom is 0.328 e. The van der Waals surface area contributed by atoms with Gasteiger partial charge in [-0.25, -0.2) is 9.18 Å². The number of aliphatic carboxylic acids is 1.